The number of nitrogens with zero attached hydrogens (tertiary/aromatic N) is 4. The molecule has 0 unspecified atom stereocenters. The van der Waals surface area contributed by atoms with E-state index in [-0.39, 0.29) is 0 Å². The number of halogens is 3. The quantitative estimate of drug-likeness (QED) is 0.564. The minimum Gasteiger partial charge on any atom is -0.327 e. The Bertz CT molecular complexity index is 1100. The Balaban J connectivity index is 1.74. The van der Waals surface area contributed by atoms with E-state index in [9.17, 15) is 13.2 Å². The van der Waals surface area contributed by atoms with Crippen LogP contribution in [0.2, 0.25) is 0 Å². The van der Waals surface area contributed by atoms with Crippen molar-refractivity contribution < 1.29 is 13.2 Å². The van der Waals surface area contributed by atoms with Crippen LogP contribution in [-0.2, 0) is 13.2 Å². The molecule has 0 saturated heterocycles. The number of hydrogen-bond donors (Lipinski definition) is 1. The molecule has 0 aliphatic rings. The lowest BCUT2D eigenvalue weighted by Crippen LogP contribution is -2.05. The normalized spacial score (nSPS) is 11.7. The molecule has 0 amide bonds. The summed E-state index contributed by atoms with van der Waals surface area (Å²) in [5.41, 5.74) is 1.03. The molecule has 5 nitrogen and oxygen atoms in total. The Labute approximate surface area is 152 Å². The molecule has 0 saturated carbocycles. The maximum atomic E-state index is 13.0. The van der Waals surface area contributed by atoms with Crippen LogP contribution in [0.15, 0.2) is 60.9 Å². The minimum absolute atomic E-state index is 0.391. The number of imidazole rings is 1. The number of nitrogens with one attached hydrogen (secondary N) is 1. The summed E-state index contributed by atoms with van der Waals surface area (Å²) in [5.74, 6) is 1.65. The Morgan fingerprint density at radius 1 is 0.963 bits per heavy atom. The predicted molar refractivity (Wildman–Crippen MR) is 96.5 cm³/mol. The van der Waals surface area contributed by atoms with Crippen LogP contribution in [0, 0.1) is 0 Å². The molecule has 8 heteroatoms. The molecular weight excluding hydrogens is 355 g/mol. The highest BCUT2D eigenvalue weighted by atomic mass is 19.4. The zero-order chi connectivity index (χ0) is 19.0. The van der Waals surface area contributed by atoms with Crippen molar-refractivity contribution in [1.29, 1.82) is 0 Å². The van der Waals surface area contributed by atoms with Crippen molar-refractivity contribution in [3.05, 3.63) is 66.5 Å². The first kappa shape index (κ1) is 17.0. The average Bonchev–Trinajstić information content (AvgIpc) is 2.98. The van der Waals surface area contributed by atoms with Crippen LogP contribution in [-0.4, -0.2) is 19.5 Å². The summed E-state index contributed by atoms with van der Waals surface area (Å²) in [6, 6.07) is 12.4. The second-order valence-electron chi connectivity index (χ2n) is 5.97. The van der Waals surface area contributed by atoms with E-state index in [2.05, 4.69) is 20.3 Å². The van der Waals surface area contributed by atoms with Crippen LogP contribution >= 0.6 is 0 Å². The smallest absolute Gasteiger partial charge is 0.327 e. The van der Waals surface area contributed by atoms with Crippen molar-refractivity contribution >= 4 is 22.7 Å². The van der Waals surface area contributed by atoms with E-state index >= 15 is 0 Å². The monoisotopic (exact) mass is 369 g/mol. The lowest BCUT2D eigenvalue weighted by atomic mass is 10.1. The molecule has 0 aliphatic heterocycles. The summed E-state index contributed by atoms with van der Waals surface area (Å²) in [4.78, 5) is 12.9. The van der Waals surface area contributed by atoms with Crippen molar-refractivity contribution in [1.82, 2.24) is 19.5 Å². The third-order valence-corrected chi connectivity index (χ3v) is 4.14. The second-order valence-corrected chi connectivity index (χ2v) is 5.97. The Hall–Kier alpha value is -3.42. The lowest BCUT2D eigenvalue weighted by Gasteiger charge is -2.09. The average molecular weight is 369 g/mol. The molecule has 0 atom stereocenters. The van der Waals surface area contributed by atoms with E-state index < -0.39 is 11.7 Å². The third kappa shape index (κ3) is 3.33. The highest BCUT2D eigenvalue weighted by Crippen LogP contribution is 2.32. The fraction of sp³-hybridized carbons (Fsp3) is 0.105. The molecule has 0 spiro atoms. The minimum atomic E-state index is -4.40. The largest absolute Gasteiger partial charge is 0.416 e. The third-order valence-electron chi connectivity index (χ3n) is 4.14. The number of rotatable bonds is 3. The van der Waals surface area contributed by atoms with Crippen LogP contribution in [0.25, 0.3) is 22.4 Å². The van der Waals surface area contributed by atoms with Crippen molar-refractivity contribution in [2.24, 2.45) is 7.05 Å². The van der Waals surface area contributed by atoms with Gasteiger partial charge in [-0.15, -0.1) is 0 Å². The molecule has 0 fully saturated rings. The summed E-state index contributed by atoms with van der Waals surface area (Å²) in [6.07, 6.45) is -1.16. The van der Waals surface area contributed by atoms with Crippen molar-refractivity contribution in [2.75, 3.05) is 5.32 Å². The van der Waals surface area contributed by atoms with Crippen molar-refractivity contribution in [2.45, 2.75) is 6.18 Å². The molecule has 4 rings (SSSR count). The standard InChI is InChI=1S/C19H14F3N5/c1-27-15-10-17(26-16-7-2-3-8-23-16)24-11-14(15)25-18(27)12-5-4-6-13(9-12)19(20,21)22/h2-11H,1H3,(H,23,24,26). The molecule has 0 radical (unpaired) electrons. The first-order valence-corrected chi connectivity index (χ1v) is 8.10. The molecule has 27 heavy (non-hydrogen) atoms. The van der Waals surface area contributed by atoms with Gasteiger partial charge in [-0.2, -0.15) is 13.2 Å². The summed E-state index contributed by atoms with van der Waals surface area (Å²) in [5, 5.41) is 3.09. The highest BCUT2D eigenvalue weighted by molar-refractivity contribution is 5.82. The molecule has 1 N–H and O–H groups in total. The SMILES string of the molecule is Cn1c(-c2cccc(C(F)(F)F)c2)nc2cnc(Nc3ccccn3)cc21. The van der Waals surface area contributed by atoms with Gasteiger partial charge in [-0.05, 0) is 24.3 Å². The fourth-order valence-corrected chi connectivity index (χ4v) is 2.82. The molecule has 0 aliphatic carbocycles. The van der Waals surface area contributed by atoms with Crippen molar-refractivity contribution in [3.63, 3.8) is 0 Å². The summed E-state index contributed by atoms with van der Waals surface area (Å²) in [7, 11) is 1.76. The van der Waals surface area contributed by atoms with Crippen LogP contribution in [0.5, 0.6) is 0 Å². The van der Waals surface area contributed by atoms with Crippen LogP contribution in [0.1, 0.15) is 5.56 Å². The zero-order valence-corrected chi connectivity index (χ0v) is 14.2. The number of aromatic nitrogens is 4. The zero-order valence-electron chi connectivity index (χ0n) is 14.2. The first-order valence-electron chi connectivity index (χ1n) is 8.10. The molecule has 0 bridgehead atoms. The van der Waals surface area contributed by atoms with E-state index in [0.29, 0.717) is 28.5 Å². The van der Waals surface area contributed by atoms with Crippen molar-refractivity contribution in [3.8, 4) is 11.4 Å². The van der Waals surface area contributed by atoms with E-state index in [4.69, 9.17) is 0 Å². The number of pyridine rings is 2. The number of aryl methyl sites for hydroxylation is 1. The number of anilines is 2. The van der Waals surface area contributed by atoms with E-state index in [0.717, 1.165) is 17.6 Å². The number of benzene rings is 1. The lowest BCUT2D eigenvalue weighted by molar-refractivity contribution is -0.137. The van der Waals surface area contributed by atoms with Gasteiger partial charge < -0.3 is 9.88 Å². The maximum Gasteiger partial charge on any atom is 0.416 e. The Kier molecular flexibility index (Phi) is 4.02. The number of fused-ring (bicyclic) bond motifs is 1. The molecule has 136 valence electrons. The van der Waals surface area contributed by atoms with Gasteiger partial charge in [0.15, 0.2) is 0 Å². The van der Waals surface area contributed by atoms with Gasteiger partial charge in [-0.1, -0.05) is 18.2 Å². The fourth-order valence-electron chi connectivity index (χ4n) is 2.82. The Morgan fingerprint density at radius 3 is 2.56 bits per heavy atom. The van der Waals surface area contributed by atoms with Gasteiger partial charge in [0.25, 0.3) is 0 Å². The topological polar surface area (TPSA) is 55.6 Å². The number of hydrogen-bond acceptors (Lipinski definition) is 4. The number of alkyl halides is 3. The molecular formula is C19H14F3N5. The summed E-state index contributed by atoms with van der Waals surface area (Å²) in [6.45, 7) is 0. The van der Waals surface area contributed by atoms with Gasteiger partial charge in [-0.25, -0.2) is 15.0 Å². The van der Waals surface area contributed by atoms with Gasteiger partial charge in [0.1, 0.15) is 23.0 Å². The van der Waals surface area contributed by atoms with Crippen LogP contribution in [0.4, 0.5) is 24.8 Å². The van der Waals surface area contributed by atoms with Gasteiger partial charge in [0, 0.05) is 24.9 Å². The van der Waals surface area contributed by atoms with E-state index in [1.807, 2.05) is 18.2 Å². The summed E-state index contributed by atoms with van der Waals surface area (Å²) >= 11 is 0. The van der Waals surface area contributed by atoms with Gasteiger partial charge in [0.05, 0.1) is 17.3 Å². The van der Waals surface area contributed by atoms with E-state index in [1.54, 1.807) is 36.1 Å². The summed E-state index contributed by atoms with van der Waals surface area (Å²) < 4.78 is 40.7. The van der Waals surface area contributed by atoms with Gasteiger partial charge in [-0.3, -0.25) is 0 Å². The second kappa shape index (κ2) is 6.39. The Morgan fingerprint density at radius 2 is 1.81 bits per heavy atom. The van der Waals surface area contributed by atoms with Crippen LogP contribution < -0.4 is 5.32 Å². The van der Waals surface area contributed by atoms with Crippen LogP contribution in [0.3, 0.4) is 0 Å². The predicted octanol–water partition coefficient (Wildman–Crippen LogP) is 4.79. The molecule has 4 aromatic rings. The maximum absolute atomic E-state index is 13.0. The highest BCUT2D eigenvalue weighted by Gasteiger charge is 2.30. The first-order chi connectivity index (χ1) is 12.9. The van der Waals surface area contributed by atoms with Gasteiger partial charge in [0.2, 0.25) is 0 Å². The molecule has 3 aromatic heterocycles. The van der Waals surface area contributed by atoms with E-state index in [1.165, 1.54) is 6.07 Å². The molecule has 1 aromatic carbocycles. The molecule has 3 heterocycles. The van der Waals surface area contributed by atoms with Gasteiger partial charge >= 0.3 is 6.18 Å².